The first-order chi connectivity index (χ1) is 31.0. The molecule has 0 saturated heterocycles. The van der Waals surface area contributed by atoms with Gasteiger partial charge >= 0.3 is 0 Å². The number of ether oxygens (including phenoxy) is 3. The lowest BCUT2D eigenvalue weighted by molar-refractivity contribution is 0.0892. The predicted octanol–water partition coefficient (Wildman–Crippen LogP) is 18.1. The molecule has 360 valence electrons. The van der Waals surface area contributed by atoms with E-state index in [9.17, 15) is 14.7 Å². The number of hydrogen-bond donors (Lipinski definition) is 1. The summed E-state index contributed by atoms with van der Waals surface area (Å²) >= 11 is 0. The Hall–Kier alpha value is -3.02. The Kier molecular flexibility index (Phi) is 36.1. The first-order valence-corrected chi connectivity index (χ1v) is 26.9. The number of phenolic OH excluding ortho intramolecular Hbond substituents is 1. The maximum atomic E-state index is 13.8. The molecule has 0 radical (unpaired) electrons. The zero-order valence-electron chi connectivity index (χ0n) is 41.2. The predicted molar refractivity (Wildman–Crippen MR) is 268 cm³/mol. The first-order valence-electron chi connectivity index (χ1n) is 26.9. The van der Waals surface area contributed by atoms with Gasteiger partial charge in [-0.25, -0.2) is 0 Å². The zero-order valence-corrected chi connectivity index (χ0v) is 41.2. The van der Waals surface area contributed by atoms with Crippen LogP contribution in [0.5, 0.6) is 23.0 Å². The molecule has 63 heavy (non-hydrogen) atoms. The molecule has 2 rings (SSSR count). The van der Waals surface area contributed by atoms with E-state index in [-0.39, 0.29) is 23.5 Å². The third kappa shape index (κ3) is 29.2. The van der Waals surface area contributed by atoms with Gasteiger partial charge in [0.15, 0.2) is 23.1 Å². The number of rotatable bonds is 46. The van der Waals surface area contributed by atoms with Crippen molar-refractivity contribution in [2.45, 2.75) is 258 Å². The normalized spacial score (nSPS) is 11.3. The van der Waals surface area contributed by atoms with Crippen LogP contribution in [0, 0.1) is 0 Å². The second-order valence-corrected chi connectivity index (χ2v) is 18.6. The lowest BCUT2D eigenvalue weighted by Crippen LogP contribution is -2.11. The topological polar surface area (TPSA) is 82.1 Å². The number of para-hydroxylation sites is 1. The third-order valence-electron chi connectivity index (χ3n) is 12.6. The van der Waals surface area contributed by atoms with Crippen LogP contribution in [0.15, 0.2) is 36.4 Å². The Bertz CT molecular complexity index is 1340. The molecule has 0 bridgehead atoms. The SMILES string of the molecule is CCCCCCCCCCCCCCOc1cc(C(=O)CC(=O)c2ccccc2O)cc(OCCCCCCCCCCCCCC)c1OCCCCCCCCCCCCCC. The number of ketones is 2. The van der Waals surface area contributed by atoms with Gasteiger partial charge in [-0.3, -0.25) is 9.59 Å². The van der Waals surface area contributed by atoms with Crippen molar-refractivity contribution in [2.75, 3.05) is 19.8 Å². The van der Waals surface area contributed by atoms with Gasteiger partial charge in [-0.1, -0.05) is 245 Å². The fourth-order valence-corrected chi connectivity index (χ4v) is 8.51. The maximum absolute atomic E-state index is 13.8. The van der Waals surface area contributed by atoms with Gasteiger partial charge in [0.25, 0.3) is 0 Å². The van der Waals surface area contributed by atoms with Crippen molar-refractivity contribution in [1.29, 1.82) is 0 Å². The Balaban J connectivity index is 2.04. The summed E-state index contributed by atoms with van der Waals surface area (Å²) in [5.41, 5.74) is 0.519. The molecular weight excluding hydrogens is 781 g/mol. The van der Waals surface area contributed by atoms with Crippen molar-refractivity contribution < 1.29 is 28.9 Å². The Morgan fingerprint density at radius 3 is 1.03 bits per heavy atom. The maximum Gasteiger partial charge on any atom is 0.203 e. The minimum atomic E-state index is -0.414. The summed E-state index contributed by atoms with van der Waals surface area (Å²) in [7, 11) is 0. The molecule has 1 N–H and O–H groups in total. The molecular formula is C57H96O6. The number of benzene rings is 2. The third-order valence-corrected chi connectivity index (χ3v) is 12.6. The fourth-order valence-electron chi connectivity index (χ4n) is 8.51. The molecule has 0 saturated carbocycles. The standard InChI is InChI=1S/C57H96O6/c1-4-7-10-13-16-19-22-25-28-31-34-39-44-61-55-47-50(53(59)49-54(60)51-42-37-38-43-52(51)58)48-56(62-45-40-35-32-29-26-23-20-17-14-11-8-5-2)57(55)63-46-41-36-33-30-27-24-21-18-15-12-9-6-3/h37-38,42-43,47-48,58H,4-36,39-41,44-46,49H2,1-3H3. The summed E-state index contributed by atoms with van der Waals surface area (Å²) in [5, 5.41) is 10.3. The summed E-state index contributed by atoms with van der Waals surface area (Å²) in [5.74, 6) is 0.740. The number of hydrogen-bond acceptors (Lipinski definition) is 6. The van der Waals surface area contributed by atoms with Gasteiger partial charge < -0.3 is 19.3 Å². The lowest BCUT2D eigenvalue weighted by Gasteiger charge is -2.19. The smallest absolute Gasteiger partial charge is 0.203 e. The van der Waals surface area contributed by atoms with Crippen LogP contribution in [0.2, 0.25) is 0 Å². The number of unbranched alkanes of at least 4 members (excludes halogenated alkanes) is 33. The molecule has 2 aromatic rings. The van der Waals surface area contributed by atoms with E-state index in [2.05, 4.69) is 20.8 Å². The second-order valence-electron chi connectivity index (χ2n) is 18.6. The van der Waals surface area contributed by atoms with Crippen LogP contribution in [0.1, 0.15) is 279 Å². The first kappa shape index (κ1) is 56.1. The molecule has 0 fully saturated rings. The number of carbonyl (C=O) groups excluding carboxylic acids is 2. The van der Waals surface area contributed by atoms with Gasteiger partial charge in [0.1, 0.15) is 5.75 Å². The molecule has 0 heterocycles. The van der Waals surface area contributed by atoms with Gasteiger partial charge in [-0.2, -0.15) is 0 Å². The summed E-state index contributed by atoms with van der Waals surface area (Å²) < 4.78 is 19.5. The molecule has 6 nitrogen and oxygen atoms in total. The van der Waals surface area contributed by atoms with E-state index in [4.69, 9.17) is 14.2 Å². The van der Waals surface area contributed by atoms with Gasteiger partial charge in [-0.05, 0) is 43.5 Å². The summed E-state index contributed by atoms with van der Waals surface area (Å²) in [4.78, 5) is 26.9. The van der Waals surface area contributed by atoms with E-state index in [1.807, 2.05) is 0 Å². The minimum Gasteiger partial charge on any atom is -0.507 e. The van der Waals surface area contributed by atoms with E-state index >= 15 is 0 Å². The zero-order chi connectivity index (χ0) is 45.3. The minimum absolute atomic E-state index is 0.116. The van der Waals surface area contributed by atoms with Crippen LogP contribution in [0.3, 0.4) is 0 Å². The van der Waals surface area contributed by atoms with Gasteiger partial charge in [0, 0.05) is 5.56 Å². The van der Waals surface area contributed by atoms with Crippen LogP contribution in [0.25, 0.3) is 0 Å². The molecule has 0 aliphatic heterocycles. The van der Waals surface area contributed by atoms with E-state index in [1.165, 1.54) is 199 Å². The van der Waals surface area contributed by atoms with Gasteiger partial charge in [-0.15, -0.1) is 0 Å². The number of carbonyl (C=O) groups is 2. The lowest BCUT2D eigenvalue weighted by atomic mass is 10.00. The monoisotopic (exact) mass is 877 g/mol. The second kappa shape index (κ2) is 40.5. The average Bonchev–Trinajstić information content (AvgIpc) is 3.28. The highest BCUT2D eigenvalue weighted by molar-refractivity contribution is 6.14. The van der Waals surface area contributed by atoms with Gasteiger partial charge in [0.2, 0.25) is 5.75 Å². The average molecular weight is 877 g/mol. The quantitative estimate of drug-likeness (QED) is 0.0405. The van der Waals surface area contributed by atoms with Crippen molar-refractivity contribution in [3.63, 3.8) is 0 Å². The fraction of sp³-hybridized carbons (Fsp3) is 0.754. The molecule has 6 heteroatoms. The molecule has 0 aromatic heterocycles. The van der Waals surface area contributed by atoms with Crippen molar-refractivity contribution in [3.8, 4) is 23.0 Å². The molecule has 0 unspecified atom stereocenters. The highest BCUT2D eigenvalue weighted by Gasteiger charge is 2.22. The number of aromatic hydroxyl groups is 1. The molecule has 0 amide bonds. The van der Waals surface area contributed by atoms with E-state index in [1.54, 1.807) is 30.3 Å². The summed E-state index contributed by atoms with van der Waals surface area (Å²) in [6, 6.07) is 9.89. The Morgan fingerprint density at radius 2 is 0.698 bits per heavy atom. The molecule has 2 aromatic carbocycles. The van der Waals surface area contributed by atoms with E-state index < -0.39 is 5.78 Å². The van der Waals surface area contributed by atoms with Crippen molar-refractivity contribution in [2.24, 2.45) is 0 Å². The number of Topliss-reactive ketones (excluding diaryl/α,β-unsaturated/α-hetero) is 2. The Labute approximate surface area is 387 Å². The molecule has 0 aliphatic carbocycles. The summed E-state index contributed by atoms with van der Waals surface area (Å²) in [6.07, 6.45) is 45.5. The largest absolute Gasteiger partial charge is 0.507 e. The van der Waals surface area contributed by atoms with E-state index in [0.29, 0.717) is 42.6 Å². The van der Waals surface area contributed by atoms with Crippen LogP contribution in [-0.4, -0.2) is 36.5 Å². The van der Waals surface area contributed by atoms with Crippen LogP contribution in [-0.2, 0) is 0 Å². The Morgan fingerprint density at radius 1 is 0.397 bits per heavy atom. The van der Waals surface area contributed by atoms with Crippen LogP contribution >= 0.6 is 0 Å². The van der Waals surface area contributed by atoms with E-state index in [0.717, 1.165) is 38.5 Å². The van der Waals surface area contributed by atoms with Gasteiger partial charge in [0.05, 0.1) is 31.8 Å². The summed E-state index contributed by atoms with van der Waals surface area (Å²) in [6.45, 7) is 8.43. The van der Waals surface area contributed by atoms with Crippen molar-refractivity contribution in [1.82, 2.24) is 0 Å². The number of phenols is 1. The van der Waals surface area contributed by atoms with Crippen LogP contribution < -0.4 is 14.2 Å². The van der Waals surface area contributed by atoms with Crippen molar-refractivity contribution in [3.05, 3.63) is 47.5 Å². The highest BCUT2D eigenvalue weighted by Crippen LogP contribution is 2.40. The van der Waals surface area contributed by atoms with Crippen LogP contribution in [0.4, 0.5) is 0 Å². The molecule has 0 atom stereocenters. The molecule has 0 spiro atoms. The highest BCUT2D eigenvalue weighted by atomic mass is 16.5. The molecule has 0 aliphatic rings. The van der Waals surface area contributed by atoms with Crippen molar-refractivity contribution >= 4 is 11.6 Å².